The molecule has 0 atom stereocenters. The Kier molecular flexibility index (Phi) is 6.04. The predicted molar refractivity (Wildman–Crippen MR) is 98.7 cm³/mol. The summed E-state index contributed by atoms with van der Waals surface area (Å²) in [5.74, 6) is 1.05. The van der Waals surface area contributed by atoms with Crippen molar-refractivity contribution < 1.29 is 9.34 Å². The monoisotopic (exact) mass is 362 g/mol. The molecule has 0 radical (unpaired) electrons. The molecular weight excluding hydrogens is 340 g/mol. The van der Waals surface area contributed by atoms with E-state index in [-0.39, 0.29) is 23.7 Å². The highest BCUT2D eigenvalue weighted by Crippen LogP contribution is 2.16. The number of hydrogen-bond donors (Lipinski definition) is 2. The average Bonchev–Trinajstić information content (AvgIpc) is 3.00. The van der Waals surface area contributed by atoms with Crippen molar-refractivity contribution in [1.82, 2.24) is 15.0 Å². The Bertz CT molecular complexity index is 759. The summed E-state index contributed by atoms with van der Waals surface area (Å²) >= 11 is 0. The number of aromatic nitrogens is 3. The lowest BCUT2D eigenvalue weighted by Crippen LogP contribution is -2.20. The average molecular weight is 362 g/mol. The second-order valence-corrected chi connectivity index (χ2v) is 6.08. The molecule has 0 fully saturated rings. The molecule has 0 aliphatic carbocycles. The largest absolute Gasteiger partial charge is 0.433 e. The molecular formula is C15H22N8O3. The number of anilines is 3. The standard InChI is InChI=1S/C15H22N8O3/c1-9(2)17-13-19-14(18-10(3)4)21-15(20-13)22(5)16-8-11-6-7-12(26-11)23(24)25/h6-10H,1-5H3,(H2,17,18,19,20,21)/b16-8+. The highest BCUT2D eigenvalue weighted by Gasteiger charge is 2.13. The van der Waals surface area contributed by atoms with Gasteiger partial charge in [0.05, 0.1) is 12.3 Å². The molecule has 0 aromatic carbocycles. The van der Waals surface area contributed by atoms with Crippen LogP contribution in [0.25, 0.3) is 0 Å². The Balaban J connectivity index is 2.23. The zero-order valence-electron chi connectivity index (χ0n) is 15.3. The third kappa shape index (κ3) is 5.40. The van der Waals surface area contributed by atoms with E-state index in [1.54, 1.807) is 7.05 Å². The molecule has 2 rings (SSSR count). The van der Waals surface area contributed by atoms with Gasteiger partial charge in [-0.2, -0.15) is 20.1 Å². The van der Waals surface area contributed by atoms with Crippen molar-refractivity contribution in [2.75, 3.05) is 22.7 Å². The predicted octanol–water partition coefficient (Wildman–Crippen LogP) is 2.48. The van der Waals surface area contributed by atoms with Crippen LogP contribution in [-0.2, 0) is 0 Å². The minimum atomic E-state index is -0.610. The smallest absolute Gasteiger partial charge is 0.400 e. The van der Waals surface area contributed by atoms with Gasteiger partial charge in [-0.15, -0.1) is 0 Å². The van der Waals surface area contributed by atoms with E-state index in [0.717, 1.165) is 0 Å². The molecule has 0 spiro atoms. The van der Waals surface area contributed by atoms with Gasteiger partial charge in [0.25, 0.3) is 5.95 Å². The quantitative estimate of drug-likeness (QED) is 0.412. The van der Waals surface area contributed by atoms with Gasteiger partial charge in [-0.1, -0.05) is 0 Å². The van der Waals surface area contributed by atoms with E-state index in [9.17, 15) is 10.1 Å². The van der Waals surface area contributed by atoms with Gasteiger partial charge in [0.2, 0.25) is 11.9 Å². The van der Waals surface area contributed by atoms with Gasteiger partial charge >= 0.3 is 5.88 Å². The fraction of sp³-hybridized carbons (Fsp3) is 0.467. The third-order valence-corrected chi connectivity index (χ3v) is 2.90. The molecule has 2 aromatic rings. The van der Waals surface area contributed by atoms with Crippen LogP contribution < -0.4 is 15.6 Å². The highest BCUT2D eigenvalue weighted by atomic mass is 16.6. The Morgan fingerprint density at radius 3 is 2.19 bits per heavy atom. The van der Waals surface area contributed by atoms with E-state index < -0.39 is 4.92 Å². The Morgan fingerprint density at radius 2 is 1.73 bits per heavy atom. The maximum Gasteiger partial charge on any atom is 0.433 e. The summed E-state index contributed by atoms with van der Waals surface area (Å²) in [5.41, 5.74) is 0. The summed E-state index contributed by atoms with van der Waals surface area (Å²) in [5, 5.41) is 22.5. The van der Waals surface area contributed by atoms with E-state index in [1.165, 1.54) is 23.4 Å². The van der Waals surface area contributed by atoms with Crippen LogP contribution in [0.5, 0.6) is 0 Å². The second kappa shape index (κ2) is 8.23. The molecule has 0 bridgehead atoms. The number of nitro groups is 1. The van der Waals surface area contributed by atoms with Crippen molar-refractivity contribution in [2.24, 2.45) is 5.10 Å². The molecule has 2 aromatic heterocycles. The molecule has 0 aliphatic rings. The molecule has 0 unspecified atom stereocenters. The summed E-state index contributed by atoms with van der Waals surface area (Å²) in [7, 11) is 1.65. The minimum Gasteiger partial charge on any atom is -0.400 e. The highest BCUT2D eigenvalue weighted by molar-refractivity contribution is 5.77. The van der Waals surface area contributed by atoms with Crippen LogP contribution in [0.4, 0.5) is 23.7 Å². The number of rotatable bonds is 8. The lowest BCUT2D eigenvalue weighted by Gasteiger charge is -2.16. The van der Waals surface area contributed by atoms with Gasteiger partial charge in [0, 0.05) is 19.1 Å². The van der Waals surface area contributed by atoms with Crippen molar-refractivity contribution >= 4 is 29.9 Å². The van der Waals surface area contributed by atoms with Crippen LogP contribution in [0.3, 0.4) is 0 Å². The molecule has 2 heterocycles. The maximum absolute atomic E-state index is 10.6. The van der Waals surface area contributed by atoms with Crippen LogP contribution in [-0.4, -0.2) is 45.2 Å². The number of furan rings is 1. The summed E-state index contributed by atoms with van der Waals surface area (Å²) in [6.07, 6.45) is 1.35. The van der Waals surface area contributed by atoms with Crippen LogP contribution in [0, 0.1) is 10.1 Å². The van der Waals surface area contributed by atoms with E-state index in [0.29, 0.717) is 17.8 Å². The summed E-state index contributed by atoms with van der Waals surface area (Å²) in [6.45, 7) is 7.91. The molecule has 0 saturated carbocycles. The van der Waals surface area contributed by atoms with Crippen molar-refractivity contribution in [3.05, 3.63) is 28.0 Å². The first-order chi connectivity index (χ1) is 12.2. The second-order valence-electron chi connectivity index (χ2n) is 6.08. The zero-order valence-corrected chi connectivity index (χ0v) is 15.3. The minimum absolute atomic E-state index is 0.148. The Hall–Kier alpha value is -3.24. The topological polar surface area (TPSA) is 135 Å². The first-order valence-electron chi connectivity index (χ1n) is 8.05. The molecule has 0 amide bonds. The fourth-order valence-electron chi connectivity index (χ4n) is 1.86. The third-order valence-electron chi connectivity index (χ3n) is 2.90. The maximum atomic E-state index is 10.6. The van der Waals surface area contributed by atoms with Crippen LogP contribution in [0.15, 0.2) is 21.7 Å². The number of nitrogens with zero attached hydrogens (tertiary/aromatic N) is 6. The molecule has 11 heteroatoms. The van der Waals surface area contributed by atoms with Gasteiger partial charge in [0.1, 0.15) is 4.92 Å². The van der Waals surface area contributed by atoms with E-state index in [1.807, 2.05) is 27.7 Å². The summed E-state index contributed by atoms with van der Waals surface area (Å²) < 4.78 is 5.03. The van der Waals surface area contributed by atoms with Crippen molar-refractivity contribution in [3.8, 4) is 0 Å². The molecule has 26 heavy (non-hydrogen) atoms. The van der Waals surface area contributed by atoms with Gasteiger partial charge in [-0.05, 0) is 33.8 Å². The zero-order chi connectivity index (χ0) is 19.3. The van der Waals surface area contributed by atoms with E-state index >= 15 is 0 Å². The first kappa shape index (κ1) is 19.1. The van der Waals surface area contributed by atoms with Crippen LogP contribution in [0.1, 0.15) is 33.5 Å². The molecule has 140 valence electrons. The number of hydrazone groups is 1. The van der Waals surface area contributed by atoms with Crippen molar-refractivity contribution in [1.29, 1.82) is 0 Å². The molecule has 11 nitrogen and oxygen atoms in total. The SMILES string of the molecule is CC(C)Nc1nc(NC(C)C)nc(N(C)/N=C/c2ccc([N+](=O)[O-])o2)n1. The molecule has 0 saturated heterocycles. The van der Waals surface area contributed by atoms with Gasteiger partial charge in [0.15, 0.2) is 5.76 Å². The van der Waals surface area contributed by atoms with Crippen molar-refractivity contribution in [3.63, 3.8) is 0 Å². The lowest BCUT2D eigenvalue weighted by atomic mass is 10.4. The van der Waals surface area contributed by atoms with Gasteiger partial charge < -0.3 is 15.1 Å². The Morgan fingerprint density at radius 1 is 1.15 bits per heavy atom. The van der Waals surface area contributed by atoms with Crippen LogP contribution in [0.2, 0.25) is 0 Å². The van der Waals surface area contributed by atoms with E-state index in [4.69, 9.17) is 4.42 Å². The number of nitrogens with one attached hydrogen (secondary N) is 2. The normalized spacial score (nSPS) is 11.3. The number of hydrogen-bond acceptors (Lipinski definition) is 10. The lowest BCUT2D eigenvalue weighted by molar-refractivity contribution is -0.402. The first-order valence-corrected chi connectivity index (χ1v) is 8.05. The van der Waals surface area contributed by atoms with Crippen molar-refractivity contribution in [2.45, 2.75) is 39.8 Å². The van der Waals surface area contributed by atoms with Crippen LogP contribution >= 0.6 is 0 Å². The van der Waals surface area contributed by atoms with Gasteiger partial charge in [-0.25, -0.2) is 5.01 Å². The molecule has 0 aliphatic heterocycles. The van der Waals surface area contributed by atoms with Gasteiger partial charge in [-0.3, -0.25) is 10.1 Å². The Labute approximate surface area is 150 Å². The fourth-order valence-corrected chi connectivity index (χ4v) is 1.86. The summed E-state index contributed by atoms with van der Waals surface area (Å²) in [6, 6.07) is 3.02. The molecule has 2 N–H and O–H groups in total. The van der Waals surface area contributed by atoms with E-state index in [2.05, 4.69) is 30.7 Å². The summed E-state index contributed by atoms with van der Waals surface area (Å²) in [4.78, 5) is 23.0.